The number of aryl methyl sites for hydroxylation is 1. The first kappa shape index (κ1) is 19.9. The van der Waals surface area contributed by atoms with E-state index in [1.807, 2.05) is 36.4 Å². The number of primary amides is 1. The van der Waals surface area contributed by atoms with Crippen LogP contribution in [0.25, 0.3) is 0 Å². The number of anilines is 1. The van der Waals surface area contributed by atoms with Gasteiger partial charge >= 0.3 is 0 Å². The molecule has 6 nitrogen and oxygen atoms in total. The average Bonchev–Trinajstić information content (AvgIpc) is 3.14. The number of amides is 2. The molecular formula is C23H21ClN4O2. The first-order chi connectivity index (χ1) is 14.5. The molecule has 0 saturated heterocycles. The highest BCUT2D eigenvalue weighted by Crippen LogP contribution is 2.42. The topological polar surface area (TPSA) is 102 Å². The molecule has 1 heterocycles. The number of carbonyl (C=O) groups is 2. The molecule has 0 fully saturated rings. The Bertz CT molecular complexity index is 1100. The summed E-state index contributed by atoms with van der Waals surface area (Å²) in [4.78, 5) is 32.0. The number of fused-ring (bicyclic) bond motifs is 1. The van der Waals surface area contributed by atoms with Gasteiger partial charge in [0.1, 0.15) is 11.9 Å². The summed E-state index contributed by atoms with van der Waals surface area (Å²) < 4.78 is 0. The SMILES string of the molecule is NC(=O)[C@@H](c1ccccc1)N(C(=O)c1cccnc1N)[C@@H]1CCc2ccc(Cl)cc21. The molecule has 2 amide bonds. The van der Waals surface area contributed by atoms with Gasteiger partial charge in [-0.15, -0.1) is 0 Å². The summed E-state index contributed by atoms with van der Waals surface area (Å²) in [6.45, 7) is 0. The Morgan fingerprint density at radius 1 is 1.10 bits per heavy atom. The zero-order chi connectivity index (χ0) is 21.3. The number of nitrogens with zero attached hydrogens (tertiary/aromatic N) is 2. The zero-order valence-electron chi connectivity index (χ0n) is 16.2. The number of halogens is 1. The lowest BCUT2D eigenvalue weighted by Gasteiger charge is -2.36. The first-order valence-electron chi connectivity index (χ1n) is 9.63. The molecule has 0 aliphatic heterocycles. The van der Waals surface area contributed by atoms with Crippen LogP contribution in [0.3, 0.4) is 0 Å². The quantitative estimate of drug-likeness (QED) is 0.657. The van der Waals surface area contributed by atoms with Crippen molar-refractivity contribution < 1.29 is 9.59 Å². The van der Waals surface area contributed by atoms with E-state index in [-0.39, 0.29) is 17.4 Å². The summed E-state index contributed by atoms with van der Waals surface area (Å²) in [5, 5.41) is 0.573. The molecule has 1 aromatic heterocycles. The van der Waals surface area contributed by atoms with Gasteiger partial charge in [-0.2, -0.15) is 0 Å². The van der Waals surface area contributed by atoms with E-state index in [4.69, 9.17) is 23.1 Å². The van der Waals surface area contributed by atoms with Crippen LogP contribution in [-0.4, -0.2) is 21.7 Å². The number of carbonyl (C=O) groups excluding carboxylic acids is 2. The molecule has 2 aromatic carbocycles. The second-order valence-corrected chi connectivity index (χ2v) is 7.70. The van der Waals surface area contributed by atoms with Crippen molar-refractivity contribution in [2.45, 2.75) is 24.9 Å². The average molecular weight is 421 g/mol. The van der Waals surface area contributed by atoms with Gasteiger partial charge in [-0.1, -0.05) is 48.0 Å². The lowest BCUT2D eigenvalue weighted by Crippen LogP contribution is -2.43. The smallest absolute Gasteiger partial charge is 0.259 e. The van der Waals surface area contributed by atoms with Crippen molar-refractivity contribution in [2.75, 3.05) is 5.73 Å². The van der Waals surface area contributed by atoms with Crippen molar-refractivity contribution in [3.8, 4) is 0 Å². The van der Waals surface area contributed by atoms with Crippen molar-refractivity contribution in [3.63, 3.8) is 0 Å². The molecule has 0 saturated carbocycles. The van der Waals surface area contributed by atoms with Gasteiger partial charge in [0.2, 0.25) is 5.91 Å². The van der Waals surface area contributed by atoms with E-state index in [1.54, 1.807) is 24.3 Å². The fourth-order valence-corrected chi connectivity index (χ4v) is 4.29. The summed E-state index contributed by atoms with van der Waals surface area (Å²) >= 11 is 6.25. The summed E-state index contributed by atoms with van der Waals surface area (Å²) in [7, 11) is 0. The highest BCUT2D eigenvalue weighted by Gasteiger charge is 2.40. The maximum Gasteiger partial charge on any atom is 0.259 e. The Balaban J connectivity index is 1.88. The minimum absolute atomic E-state index is 0.105. The number of aromatic nitrogens is 1. The number of rotatable bonds is 5. The Kier molecular flexibility index (Phi) is 5.42. The van der Waals surface area contributed by atoms with Crippen molar-refractivity contribution >= 4 is 29.2 Å². The van der Waals surface area contributed by atoms with Gasteiger partial charge in [0, 0.05) is 11.2 Å². The van der Waals surface area contributed by atoms with Gasteiger partial charge < -0.3 is 16.4 Å². The van der Waals surface area contributed by atoms with E-state index >= 15 is 0 Å². The van der Waals surface area contributed by atoms with Gasteiger partial charge in [-0.05, 0) is 53.8 Å². The van der Waals surface area contributed by atoms with Crippen LogP contribution in [0, 0.1) is 0 Å². The number of pyridine rings is 1. The monoisotopic (exact) mass is 420 g/mol. The summed E-state index contributed by atoms with van der Waals surface area (Å²) in [5.41, 5.74) is 14.7. The predicted octanol–water partition coefficient (Wildman–Crippen LogP) is 3.67. The van der Waals surface area contributed by atoms with E-state index in [0.29, 0.717) is 17.0 Å². The lowest BCUT2D eigenvalue weighted by molar-refractivity contribution is -0.123. The van der Waals surface area contributed by atoms with Crippen molar-refractivity contribution in [1.29, 1.82) is 0 Å². The second-order valence-electron chi connectivity index (χ2n) is 7.26. The fourth-order valence-electron chi connectivity index (χ4n) is 4.11. The molecular weight excluding hydrogens is 400 g/mol. The Hall–Kier alpha value is -3.38. The Morgan fingerprint density at radius 3 is 2.57 bits per heavy atom. The summed E-state index contributed by atoms with van der Waals surface area (Å²) in [6, 6.07) is 16.6. The molecule has 7 heteroatoms. The van der Waals surface area contributed by atoms with Gasteiger partial charge in [0.05, 0.1) is 11.6 Å². The number of benzene rings is 2. The lowest BCUT2D eigenvalue weighted by atomic mass is 9.98. The molecule has 0 unspecified atom stereocenters. The van der Waals surface area contributed by atoms with Crippen LogP contribution < -0.4 is 11.5 Å². The van der Waals surface area contributed by atoms with Crippen molar-refractivity contribution in [2.24, 2.45) is 5.73 Å². The predicted molar refractivity (Wildman–Crippen MR) is 116 cm³/mol. The van der Waals surface area contributed by atoms with Crippen LogP contribution in [0.15, 0.2) is 66.9 Å². The first-order valence-corrected chi connectivity index (χ1v) is 10.0. The highest BCUT2D eigenvalue weighted by atomic mass is 35.5. The Labute approximate surface area is 179 Å². The van der Waals surface area contributed by atoms with Crippen LogP contribution in [-0.2, 0) is 11.2 Å². The molecule has 4 N–H and O–H groups in total. The summed E-state index contributed by atoms with van der Waals surface area (Å²) in [6.07, 6.45) is 2.94. The molecule has 1 aliphatic rings. The largest absolute Gasteiger partial charge is 0.383 e. The zero-order valence-corrected chi connectivity index (χ0v) is 16.9. The molecule has 30 heavy (non-hydrogen) atoms. The maximum absolute atomic E-state index is 13.7. The number of nitrogen functional groups attached to an aromatic ring is 1. The van der Waals surface area contributed by atoms with E-state index in [2.05, 4.69) is 4.98 Å². The molecule has 0 spiro atoms. The normalized spacial score (nSPS) is 16.0. The van der Waals surface area contributed by atoms with E-state index in [0.717, 1.165) is 17.5 Å². The minimum atomic E-state index is -0.965. The number of hydrogen-bond acceptors (Lipinski definition) is 4. The van der Waals surface area contributed by atoms with E-state index in [9.17, 15) is 9.59 Å². The van der Waals surface area contributed by atoms with E-state index < -0.39 is 17.9 Å². The molecule has 1 aliphatic carbocycles. The third-order valence-corrected chi connectivity index (χ3v) is 5.69. The number of nitrogens with two attached hydrogens (primary N) is 2. The van der Waals surface area contributed by atoms with Crippen molar-refractivity contribution in [3.05, 3.63) is 94.1 Å². The molecule has 3 aromatic rings. The molecule has 4 rings (SSSR count). The third kappa shape index (κ3) is 3.62. The van der Waals surface area contributed by atoms with Crippen LogP contribution in [0.1, 0.15) is 45.6 Å². The summed E-state index contributed by atoms with van der Waals surface area (Å²) in [5.74, 6) is -0.910. The van der Waals surface area contributed by atoms with Gasteiger partial charge in [0.15, 0.2) is 0 Å². The molecule has 0 bridgehead atoms. The highest BCUT2D eigenvalue weighted by molar-refractivity contribution is 6.30. The van der Waals surface area contributed by atoms with Gasteiger partial charge in [-0.25, -0.2) is 4.98 Å². The van der Waals surface area contributed by atoms with Crippen LogP contribution in [0.4, 0.5) is 5.82 Å². The minimum Gasteiger partial charge on any atom is -0.383 e. The Morgan fingerprint density at radius 2 is 1.87 bits per heavy atom. The standard InChI is InChI=1S/C23H21ClN4O2/c24-16-10-8-14-9-11-19(18(14)13-16)28(23(30)17-7-4-12-27-21(17)25)20(22(26)29)15-5-2-1-3-6-15/h1-8,10,12-13,19-20H,9,11H2,(H2,25,27)(H2,26,29)/t19-,20-/m1/s1. The molecule has 0 radical (unpaired) electrons. The van der Waals surface area contributed by atoms with Crippen LogP contribution >= 0.6 is 11.6 Å². The van der Waals surface area contributed by atoms with Gasteiger partial charge in [0.25, 0.3) is 5.91 Å². The second kappa shape index (κ2) is 8.16. The van der Waals surface area contributed by atoms with Crippen molar-refractivity contribution in [1.82, 2.24) is 9.88 Å². The third-order valence-electron chi connectivity index (χ3n) is 5.46. The van der Waals surface area contributed by atoms with Crippen LogP contribution in [0.2, 0.25) is 5.02 Å². The number of hydrogen-bond donors (Lipinski definition) is 2. The van der Waals surface area contributed by atoms with E-state index in [1.165, 1.54) is 11.1 Å². The molecule has 2 atom stereocenters. The van der Waals surface area contributed by atoms with Gasteiger partial charge in [-0.3, -0.25) is 9.59 Å². The van der Waals surface area contributed by atoms with Crippen LogP contribution in [0.5, 0.6) is 0 Å². The fraction of sp³-hybridized carbons (Fsp3) is 0.174. The molecule has 152 valence electrons. The maximum atomic E-state index is 13.7.